The molecule has 0 saturated carbocycles. The molecule has 4 heteroatoms. The van der Waals surface area contributed by atoms with Gasteiger partial charge in [-0.05, 0) is 26.0 Å². The molecule has 0 aliphatic rings. The predicted molar refractivity (Wildman–Crippen MR) is 62.5 cm³/mol. The van der Waals surface area contributed by atoms with Crippen LogP contribution in [0.5, 0.6) is 5.75 Å². The molecular formula is C12H13ClO3. The molecule has 1 rings (SSSR count). The number of hydrogen-bond acceptors (Lipinski definition) is 3. The number of esters is 1. The van der Waals surface area contributed by atoms with E-state index in [0.29, 0.717) is 23.1 Å². The van der Waals surface area contributed by atoms with E-state index in [-0.39, 0.29) is 0 Å². The Morgan fingerprint density at radius 1 is 1.44 bits per heavy atom. The van der Waals surface area contributed by atoms with Gasteiger partial charge in [0.05, 0.1) is 17.7 Å². The maximum absolute atomic E-state index is 11.1. The molecule has 0 unspecified atom stereocenters. The fourth-order valence-corrected chi connectivity index (χ4v) is 1.25. The molecule has 1 aromatic rings. The largest absolute Gasteiger partial charge is 0.463 e. The zero-order chi connectivity index (χ0) is 12.0. The third-order valence-electron chi connectivity index (χ3n) is 1.72. The van der Waals surface area contributed by atoms with Crippen LogP contribution in [0.2, 0.25) is 5.02 Å². The van der Waals surface area contributed by atoms with E-state index in [2.05, 4.69) is 0 Å². The summed E-state index contributed by atoms with van der Waals surface area (Å²) in [6.07, 6.45) is 1.28. The number of carbonyl (C=O) groups excluding carboxylic acids is 1. The number of benzene rings is 1. The lowest BCUT2D eigenvalue weighted by Gasteiger charge is -2.06. The van der Waals surface area contributed by atoms with E-state index in [1.807, 2.05) is 0 Å². The number of allylic oxidation sites excluding steroid dienone is 1. The molecule has 0 radical (unpaired) electrons. The molecule has 0 spiro atoms. The molecule has 3 nitrogen and oxygen atoms in total. The Kier molecular flexibility index (Phi) is 4.86. The zero-order valence-electron chi connectivity index (χ0n) is 9.20. The smallest absolute Gasteiger partial charge is 0.334 e. The summed E-state index contributed by atoms with van der Waals surface area (Å²) in [6, 6.07) is 7.05. The highest BCUT2D eigenvalue weighted by atomic mass is 35.5. The maximum atomic E-state index is 11.1. The minimum atomic E-state index is -0.424. The summed E-state index contributed by atoms with van der Waals surface area (Å²) >= 11 is 5.90. The summed E-state index contributed by atoms with van der Waals surface area (Å²) in [5.74, 6) is 0.529. The molecule has 0 aromatic heterocycles. The Labute approximate surface area is 99.6 Å². The Morgan fingerprint density at radius 3 is 2.75 bits per heavy atom. The van der Waals surface area contributed by atoms with E-state index in [9.17, 15) is 4.79 Å². The van der Waals surface area contributed by atoms with Gasteiger partial charge in [0, 0.05) is 0 Å². The van der Waals surface area contributed by atoms with Gasteiger partial charge < -0.3 is 9.47 Å². The van der Waals surface area contributed by atoms with Crippen molar-refractivity contribution in [3.8, 4) is 5.75 Å². The van der Waals surface area contributed by atoms with Gasteiger partial charge in [-0.2, -0.15) is 0 Å². The molecule has 0 heterocycles. The molecule has 0 atom stereocenters. The van der Waals surface area contributed by atoms with Crippen molar-refractivity contribution in [3.63, 3.8) is 0 Å². The van der Waals surface area contributed by atoms with Crippen molar-refractivity contribution in [2.45, 2.75) is 13.8 Å². The van der Waals surface area contributed by atoms with Crippen molar-refractivity contribution in [1.82, 2.24) is 0 Å². The summed E-state index contributed by atoms with van der Waals surface area (Å²) in [5, 5.41) is 0.499. The number of halogens is 1. The van der Waals surface area contributed by atoms with Gasteiger partial charge in [-0.1, -0.05) is 23.7 Å². The summed E-state index contributed by atoms with van der Waals surface area (Å²) in [4.78, 5) is 11.1. The first kappa shape index (κ1) is 12.6. The lowest BCUT2D eigenvalue weighted by Crippen LogP contribution is -2.02. The second-order valence-electron chi connectivity index (χ2n) is 3.04. The quantitative estimate of drug-likeness (QED) is 0.461. The average molecular weight is 241 g/mol. The third-order valence-corrected chi connectivity index (χ3v) is 2.03. The van der Waals surface area contributed by atoms with Crippen LogP contribution >= 0.6 is 11.6 Å². The van der Waals surface area contributed by atoms with Crippen LogP contribution in [0.1, 0.15) is 13.8 Å². The van der Waals surface area contributed by atoms with E-state index < -0.39 is 5.97 Å². The highest BCUT2D eigenvalue weighted by molar-refractivity contribution is 6.32. The van der Waals surface area contributed by atoms with Crippen LogP contribution in [-0.4, -0.2) is 12.6 Å². The van der Waals surface area contributed by atoms with Crippen LogP contribution in [0.15, 0.2) is 36.1 Å². The predicted octanol–water partition coefficient (Wildman–Crippen LogP) is 3.19. The monoisotopic (exact) mass is 240 g/mol. The molecule has 0 aliphatic heterocycles. The van der Waals surface area contributed by atoms with Crippen molar-refractivity contribution < 1.29 is 14.3 Å². The fraction of sp³-hybridized carbons (Fsp3) is 0.250. The minimum absolute atomic E-state index is 0.342. The number of para-hydroxylation sites is 1. The van der Waals surface area contributed by atoms with Crippen LogP contribution in [0.25, 0.3) is 0 Å². The zero-order valence-corrected chi connectivity index (χ0v) is 9.95. The van der Waals surface area contributed by atoms with Gasteiger partial charge in [-0.3, -0.25) is 0 Å². The normalized spacial score (nSPS) is 11.1. The van der Waals surface area contributed by atoms with E-state index >= 15 is 0 Å². The highest BCUT2D eigenvalue weighted by Gasteiger charge is 2.03. The summed E-state index contributed by atoms with van der Waals surface area (Å²) in [5.41, 5.74) is 0. The molecule has 86 valence electrons. The van der Waals surface area contributed by atoms with E-state index in [1.54, 1.807) is 38.1 Å². The lowest BCUT2D eigenvalue weighted by atomic mass is 10.3. The first-order valence-electron chi connectivity index (χ1n) is 4.91. The van der Waals surface area contributed by atoms with Crippen molar-refractivity contribution in [1.29, 1.82) is 0 Å². The van der Waals surface area contributed by atoms with Gasteiger partial charge in [-0.15, -0.1) is 0 Å². The van der Waals surface area contributed by atoms with Gasteiger partial charge in [0.2, 0.25) is 0 Å². The molecule has 0 N–H and O–H groups in total. The topological polar surface area (TPSA) is 35.5 Å². The van der Waals surface area contributed by atoms with Gasteiger partial charge in [-0.25, -0.2) is 4.79 Å². The third kappa shape index (κ3) is 3.95. The number of rotatable bonds is 4. The van der Waals surface area contributed by atoms with Crippen LogP contribution < -0.4 is 4.74 Å². The number of carbonyl (C=O) groups is 1. The highest BCUT2D eigenvalue weighted by Crippen LogP contribution is 2.24. The second-order valence-corrected chi connectivity index (χ2v) is 3.45. The summed E-state index contributed by atoms with van der Waals surface area (Å²) in [6.45, 7) is 3.75. The van der Waals surface area contributed by atoms with Crippen LogP contribution in [-0.2, 0) is 9.53 Å². The molecule has 0 bridgehead atoms. The Hall–Kier alpha value is -1.48. The summed E-state index contributed by atoms with van der Waals surface area (Å²) in [7, 11) is 0. The van der Waals surface area contributed by atoms with Crippen LogP contribution in [0, 0.1) is 0 Å². The van der Waals surface area contributed by atoms with Gasteiger partial charge >= 0.3 is 5.97 Å². The van der Waals surface area contributed by atoms with Gasteiger partial charge in [0.1, 0.15) is 11.5 Å². The van der Waals surface area contributed by atoms with E-state index in [1.165, 1.54) is 6.08 Å². The van der Waals surface area contributed by atoms with Gasteiger partial charge in [0.25, 0.3) is 0 Å². The number of ether oxygens (including phenoxy) is 2. The second kappa shape index (κ2) is 6.18. The minimum Gasteiger partial charge on any atom is -0.463 e. The molecule has 0 saturated heterocycles. The van der Waals surface area contributed by atoms with Crippen molar-refractivity contribution >= 4 is 17.6 Å². The Bertz CT molecular complexity index is 399. The lowest BCUT2D eigenvalue weighted by molar-refractivity contribution is -0.137. The molecule has 0 amide bonds. The van der Waals surface area contributed by atoms with Crippen molar-refractivity contribution in [3.05, 3.63) is 41.1 Å². The number of hydrogen-bond donors (Lipinski definition) is 0. The molecule has 0 fully saturated rings. The van der Waals surface area contributed by atoms with Crippen molar-refractivity contribution in [2.75, 3.05) is 6.61 Å². The fourth-order valence-electron chi connectivity index (χ4n) is 1.08. The Balaban J connectivity index is 2.67. The maximum Gasteiger partial charge on any atom is 0.334 e. The summed E-state index contributed by atoms with van der Waals surface area (Å²) < 4.78 is 10.1. The van der Waals surface area contributed by atoms with Crippen molar-refractivity contribution in [2.24, 2.45) is 0 Å². The standard InChI is InChI=1S/C12H13ClO3/c1-3-15-12(14)8-9(2)16-11-7-5-4-6-10(11)13/h4-8H,3H2,1-2H3. The van der Waals surface area contributed by atoms with Crippen LogP contribution in [0.3, 0.4) is 0 Å². The first-order chi connectivity index (χ1) is 7.63. The van der Waals surface area contributed by atoms with Crippen LogP contribution in [0.4, 0.5) is 0 Å². The molecule has 1 aromatic carbocycles. The average Bonchev–Trinajstić information content (AvgIpc) is 2.21. The van der Waals surface area contributed by atoms with Gasteiger partial charge in [0.15, 0.2) is 0 Å². The van der Waals surface area contributed by atoms with E-state index in [4.69, 9.17) is 21.1 Å². The molecule has 16 heavy (non-hydrogen) atoms. The van der Waals surface area contributed by atoms with E-state index in [0.717, 1.165) is 0 Å². The molecule has 0 aliphatic carbocycles. The first-order valence-corrected chi connectivity index (χ1v) is 5.28. The Morgan fingerprint density at radius 2 is 2.12 bits per heavy atom. The SMILES string of the molecule is CCOC(=O)C=C(C)Oc1ccccc1Cl. The molecular weight excluding hydrogens is 228 g/mol.